The van der Waals surface area contributed by atoms with Gasteiger partial charge in [-0.1, -0.05) is 11.6 Å². The van der Waals surface area contributed by atoms with Crippen LogP contribution >= 0.6 is 11.6 Å². The fourth-order valence-corrected chi connectivity index (χ4v) is 2.18. The van der Waals surface area contributed by atoms with Gasteiger partial charge < -0.3 is 9.47 Å². The minimum atomic E-state index is -5.48. The number of rotatable bonds is 2. The Hall–Kier alpha value is -2.90. The molecule has 0 N–H and O–H groups in total. The standard InChI is InChI=1S/C12H11ClF3N5O6/c1-11(2,3)27-10(23)19-7-5(6(13)17-4-18-7)20(21(24)25)9(19)26-8(22)12(14,15)16/h4,9H,1-3H3. The summed E-state index contributed by atoms with van der Waals surface area (Å²) >= 11 is 5.76. The summed E-state index contributed by atoms with van der Waals surface area (Å²) in [5, 5.41) is 9.51. The van der Waals surface area contributed by atoms with Crippen LogP contribution in [-0.4, -0.2) is 45.2 Å². The van der Waals surface area contributed by atoms with Crippen LogP contribution < -0.4 is 9.91 Å². The molecule has 0 aliphatic carbocycles. The Morgan fingerprint density at radius 3 is 2.37 bits per heavy atom. The summed E-state index contributed by atoms with van der Waals surface area (Å²) in [5.74, 6) is -3.34. The highest BCUT2D eigenvalue weighted by molar-refractivity contribution is 6.33. The van der Waals surface area contributed by atoms with E-state index >= 15 is 0 Å². The van der Waals surface area contributed by atoms with Crippen molar-refractivity contribution in [1.82, 2.24) is 9.97 Å². The number of esters is 1. The quantitative estimate of drug-likeness (QED) is 0.310. The summed E-state index contributed by atoms with van der Waals surface area (Å²) in [5.41, 5.74) is -1.77. The average Bonchev–Trinajstić information content (AvgIpc) is 2.79. The molecule has 0 spiro atoms. The zero-order valence-corrected chi connectivity index (χ0v) is 14.6. The number of fused-ring (bicyclic) bond motifs is 1. The molecule has 1 aromatic heterocycles. The molecule has 0 fully saturated rings. The van der Waals surface area contributed by atoms with Gasteiger partial charge in [0, 0.05) is 0 Å². The second-order valence-electron chi connectivity index (χ2n) is 6.00. The molecule has 1 atom stereocenters. The molecule has 2 heterocycles. The number of nitrogens with zero attached hydrogens (tertiary/aromatic N) is 5. The highest BCUT2D eigenvalue weighted by Crippen LogP contribution is 2.43. The molecule has 1 unspecified atom stereocenters. The topological polar surface area (TPSA) is 128 Å². The van der Waals surface area contributed by atoms with Crippen LogP contribution in [0.4, 0.5) is 29.5 Å². The second kappa shape index (κ2) is 6.68. The van der Waals surface area contributed by atoms with E-state index in [4.69, 9.17) is 16.3 Å². The molecule has 0 radical (unpaired) electrons. The van der Waals surface area contributed by atoms with Gasteiger partial charge in [0.1, 0.15) is 11.9 Å². The molecule has 0 bridgehead atoms. The minimum absolute atomic E-state index is 0.0781. The Morgan fingerprint density at radius 1 is 1.30 bits per heavy atom. The van der Waals surface area contributed by atoms with Gasteiger partial charge in [0.05, 0.1) is 0 Å². The summed E-state index contributed by atoms with van der Waals surface area (Å²) in [6.07, 6.45) is -8.52. The number of carbonyl (C=O) groups is 2. The van der Waals surface area contributed by atoms with Gasteiger partial charge in [-0.15, -0.1) is 0 Å². The Labute approximate surface area is 153 Å². The van der Waals surface area contributed by atoms with Gasteiger partial charge in [0.15, 0.2) is 21.7 Å². The van der Waals surface area contributed by atoms with Gasteiger partial charge in [-0.2, -0.15) is 18.1 Å². The summed E-state index contributed by atoms with van der Waals surface area (Å²) in [4.78, 5) is 42.4. The van der Waals surface area contributed by atoms with Crippen molar-refractivity contribution in [3.63, 3.8) is 0 Å². The van der Waals surface area contributed by atoms with Gasteiger partial charge in [-0.3, -0.25) is 0 Å². The first kappa shape index (κ1) is 20.4. The van der Waals surface area contributed by atoms with E-state index in [0.29, 0.717) is 0 Å². The molecule has 0 saturated heterocycles. The third-order valence-corrected chi connectivity index (χ3v) is 3.13. The van der Waals surface area contributed by atoms with Crippen LogP contribution in [0.5, 0.6) is 0 Å². The fraction of sp³-hybridized carbons (Fsp3) is 0.500. The zero-order chi connectivity index (χ0) is 20.7. The van der Waals surface area contributed by atoms with E-state index in [0.717, 1.165) is 6.33 Å². The SMILES string of the molecule is CC(C)(C)OC(=O)N1c2ncnc(Cl)c2N([N+](=O)[O-])C1OC(=O)C(F)(F)F. The van der Waals surface area contributed by atoms with Crippen molar-refractivity contribution < 1.29 is 37.3 Å². The molecular weight excluding hydrogens is 403 g/mol. The van der Waals surface area contributed by atoms with Crippen LogP contribution in [0.1, 0.15) is 20.8 Å². The van der Waals surface area contributed by atoms with E-state index < -0.39 is 51.9 Å². The van der Waals surface area contributed by atoms with Crippen molar-refractivity contribution in [3.05, 3.63) is 21.6 Å². The second-order valence-corrected chi connectivity index (χ2v) is 6.36. The van der Waals surface area contributed by atoms with E-state index in [9.17, 15) is 32.9 Å². The molecular formula is C12H11ClF3N5O6. The number of hydrazine groups is 1. The number of amides is 1. The molecule has 27 heavy (non-hydrogen) atoms. The molecule has 1 amide bonds. The summed E-state index contributed by atoms with van der Waals surface area (Å²) < 4.78 is 46.9. The van der Waals surface area contributed by atoms with Crippen molar-refractivity contribution in [2.24, 2.45) is 0 Å². The first-order valence-corrected chi connectivity index (χ1v) is 7.36. The van der Waals surface area contributed by atoms with Crippen molar-refractivity contribution in [1.29, 1.82) is 0 Å². The van der Waals surface area contributed by atoms with Crippen LogP contribution in [0.2, 0.25) is 5.15 Å². The molecule has 1 aromatic rings. The molecule has 148 valence electrons. The number of carbonyl (C=O) groups excluding carboxylic acids is 2. The predicted molar refractivity (Wildman–Crippen MR) is 81.2 cm³/mol. The summed E-state index contributed by atoms with van der Waals surface area (Å²) in [6, 6.07) is 0. The largest absolute Gasteiger partial charge is 0.491 e. The molecule has 15 heteroatoms. The number of nitro groups is 1. The lowest BCUT2D eigenvalue weighted by atomic mass is 10.2. The molecule has 0 aromatic carbocycles. The van der Waals surface area contributed by atoms with Crippen molar-refractivity contribution in [2.45, 2.75) is 38.9 Å². The van der Waals surface area contributed by atoms with Crippen LogP contribution in [-0.2, 0) is 14.3 Å². The minimum Gasteiger partial charge on any atom is -0.443 e. The maximum Gasteiger partial charge on any atom is 0.491 e. The highest BCUT2D eigenvalue weighted by atomic mass is 35.5. The lowest BCUT2D eigenvalue weighted by molar-refractivity contribution is -0.506. The fourth-order valence-electron chi connectivity index (χ4n) is 1.96. The van der Waals surface area contributed by atoms with Crippen molar-refractivity contribution in [2.75, 3.05) is 9.91 Å². The maximum atomic E-state index is 12.6. The lowest BCUT2D eigenvalue weighted by Gasteiger charge is -2.27. The maximum absolute atomic E-state index is 12.6. The average molecular weight is 414 g/mol. The normalized spacial score (nSPS) is 16.8. The van der Waals surface area contributed by atoms with Gasteiger partial charge in [0.25, 0.3) is 0 Å². The monoisotopic (exact) mass is 413 g/mol. The number of aromatic nitrogens is 2. The number of halogens is 4. The van der Waals surface area contributed by atoms with Crippen molar-refractivity contribution in [3.8, 4) is 0 Å². The first-order chi connectivity index (χ1) is 12.2. The third-order valence-electron chi connectivity index (χ3n) is 2.86. The lowest BCUT2D eigenvalue weighted by Crippen LogP contribution is -2.53. The van der Waals surface area contributed by atoms with Crippen LogP contribution in [0, 0.1) is 10.1 Å². The van der Waals surface area contributed by atoms with E-state index in [1.807, 2.05) is 0 Å². The van der Waals surface area contributed by atoms with Crippen molar-refractivity contribution >= 4 is 35.2 Å². The number of hydrogen-bond donors (Lipinski definition) is 0. The van der Waals surface area contributed by atoms with Gasteiger partial charge in [0.2, 0.25) is 0 Å². The molecule has 1 aliphatic rings. The van der Waals surface area contributed by atoms with Crippen LogP contribution in [0.15, 0.2) is 6.33 Å². The van der Waals surface area contributed by atoms with E-state index in [1.165, 1.54) is 20.8 Å². The smallest absolute Gasteiger partial charge is 0.443 e. The summed E-state index contributed by atoms with van der Waals surface area (Å²) in [7, 11) is 0. The Bertz CT molecular complexity index is 799. The number of ether oxygens (including phenoxy) is 2. The Balaban J connectivity index is 2.58. The third kappa shape index (κ3) is 4.10. The van der Waals surface area contributed by atoms with Gasteiger partial charge in [-0.05, 0) is 25.8 Å². The highest BCUT2D eigenvalue weighted by Gasteiger charge is 2.55. The van der Waals surface area contributed by atoms with E-state index in [2.05, 4.69) is 14.7 Å². The number of anilines is 2. The van der Waals surface area contributed by atoms with Crippen LogP contribution in [0.25, 0.3) is 0 Å². The van der Waals surface area contributed by atoms with Gasteiger partial charge >= 0.3 is 24.6 Å². The molecule has 0 saturated carbocycles. The van der Waals surface area contributed by atoms with Crippen LogP contribution in [0.3, 0.4) is 0 Å². The zero-order valence-electron chi connectivity index (χ0n) is 13.9. The number of alkyl halides is 3. The Morgan fingerprint density at radius 2 is 1.89 bits per heavy atom. The summed E-state index contributed by atoms with van der Waals surface area (Å²) in [6.45, 7) is 4.32. The molecule has 2 rings (SSSR count). The Kier molecular flexibility index (Phi) is 5.05. The number of hydrogen-bond acceptors (Lipinski definition) is 8. The molecule has 1 aliphatic heterocycles. The first-order valence-electron chi connectivity index (χ1n) is 6.98. The van der Waals surface area contributed by atoms with E-state index in [1.54, 1.807) is 0 Å². The van der Waals surface area contributed by atoms with Gasteiger partial charge in [-0.25, -0.2) is 29.7 Å². The molecule has 11 nitrogen and oxygen atoms in total. The predicted octanol–water partition coefficient (Wildman–Crippen LogP) is 2.27. The van der Waals surface area contributed by atoms with E-state index in [-0.39, 0.29) is 9.91 Å².